The fraction of sp³-hybridized carbons (Fsp3) is 0.269. The topological polar surface area (TPSA) is 60.2 Å². The van der Waals surface area contributed by atoms with E-state index >= 15 is 0 Å². The van der Waals surface area contributed by atoms with Crippen molar-refractivity contribution in [1.82, 2.24) is 0 Å². The molecule has 0 amide bonds. The summed E-state index contributed by atoms with van der Waals surface area (Å²) in [5, 5.41) is 9.06. The van der Waals surface area contributed by atoms with Crippen LogP contribution in [-0.4, -0.2) is 12.6 Å². The largest absolute Gasteiger partial charge is 0.494 e. The fourth-order valence-electron chi connectivity index (χ4n) is 3.02. The number of unbranched alkanes of at least 4 members (excludes halogenated alkanes) is 2. The van der Waals surface area contributed by atoms with E-state index in [1.54, 1.807) is 36.4 Å². The molecule has 0 saturated heterocycles. The lowest BCUT2D eigenvalue weighted by Gasteiger charge is -2.09. The van der Waals surface area contributed by atoms with Crippen molar-refractivity contribution in [1.29, 1.82) is 0 Å². The van der Waals surface area contributed by atoms with Gasteiger partial charge in [-0.05, 0) is 79.9 Å². The highest BCUT2D eigenvalue weighted by Crippen LogP contribution is 2.31. The second-order valence-electron chi connectivity index (χ2n) is 7.53. The maximum atomic E-state index is 12.5. The highest BCUT2D eigenvalue weighted by molar-refractivity contribution is 6.33. The second-order valence-corrected chi connectivity index (χ2v) is 7.91. The van der Waals surface area contributed by atoms with Crippen LogP contribution in [0.2, 0.25) is 5.02 Å². The van der Waals surface area contributed by atoms with Crippen molar-refractivity contribution < 1.29 is 14.3 Å². The van der Waals surface area contributed by atoms with Crippen molar-refractivity contribution in [3.8, 4) is 11.5 Å². The zero-order valence-corrected chi connectivity index (χ0v) is 19.4. The normalized spacial score (nSPS) is 11.0. The maximum Gasteiger partial charge on any atom is 0.343 e. The van der Waals surface area contributed by atoms with E-state index in [-0.39, 0.29) is 0 Å². The molecular weight excluding hydrogens is 424 g/mol. The lowest BCUT2D eigenvalue weighted by Crippen LogP contribution is -2.09. The monoisotopic (exact) mass is 450 g/mol. The summed E-state index contributed by atoms with van der Waals surface area (Å²) in [6, 6.07) is 17.9. The number of hydrogen-bond acceptors (Lipinski definition) is 5. The molecule has 6 heteroatoms. The van der Waals surface area contributed by atoms with Crippen LogP contribution in [0.25, 0.3) is 0 Å². The summed E-state index contributed by atoms with van der Waals surface area (Å²) in [5.41, 5.74) is 3.43. The number of carbonyl (C=O) groups excluding carboxylic acids is 1. The summed E-state index contributed by atoms with van der Waals surface area (Å²) in [6.07, 6.45) is 3.31. The molecule has 0 radical (unpaired) electrons. The molecular formula is C26H27ClN2O3. The summed E-state index contributed by atoms with van der Waals surface area (Å²) < 4.78 is 11.2. The molecule has 0 aromatic heterocycles. The van der Waals surface area contributed by atoms with Crippen molar-refractivity contribution in [2.24, 2.45) is 10.2 Å². The van der Waals surface area contributed by atoms with Crippen molar-refractivity contribution in [2.75, 3.05) is 6.61 Å². The van der Waals surface area contributed by atoms with Gasteiger partial charge in [0.1, 0.15) is 17.2 Å². The molecule has 32 heavy (non-hydrogen) atoms. The zero-order chi connectivity index (χ0) is 22.9. The molecule has 0 saturated carbocycles. The third-order valence-corrected chi connectivity index (χ3v) is 5.40. The van der Waals surface area contributed by atoms with Crippen LogP contribution in [0.4, 0.5) is 11.4 Å². The molecule has 5 nitrogen and oxygen atoms in total. The molecule has 3 rings (SSSR count). The Morgan fingerprint density at radius 3 is 2.44 bits per heavy atom. The first-order chi connectivity index (χ1) is 15.5. The van der Waals surface area contributed by atoms with Gasteiger partial charge in [0, 0.05) is 0 Å². The highest BCUT2D eigenvalue weighted by atomic mass is 35.5. The average molecular weight is 451 g/mol. The Labute approximate surface area is 194 Å². The summed E-state index contributed by atoms with van der Waals surface area (Å²) in [7, 11) is 0. The van der Waals surface area contributed by atoms with Gasteiger partial charge in [-0.1, -0.05) is 43.5 Å². The lowest BCUT2D eigenvalue weighted by atomic mass is 10.2. The van der Waals surface area contributed by atoms with Crippen LogP contribution in [0.1, 0.15) is 47.7 Å². The van der Waals surface area contributed by atoms with Crippen LogP contribution < -0.4 is 9.47 Å². The smallest absolute Gasteiger partial charge is 0.343 e. The van der Waals surface area contributed by atoms with Crippen LogP contribution in [0.5, 0.6) is 11.5 Å². The van der Waals surface area contributed by atoms with E-state index in [4.69, 9.17) is 21.1 Å². The Morgan fingerprint density at radius 2 is 1.72 bits per heavy atom. The van der Waals surface area contributed by atoms with Gasteiger partial charge in [-0.15, -0.1) is 5.11 Å². The highest BCUT2D eigenvalue weighted by Gasteiger charge is 2.11. The molecule has 0 spiro atoms. The van der Waals surface area contributed by atoms with Gasteiger partial charge < -0.3 is 9.47 Å². The Bertz CT molecular complexity index is 1090. The molecule has 3 aromatic rings. The molecule has 0 fully saturated rings. The zero-order valence-electron chi connectivity index (χ0n) is 18.6. The number of benzene rings is 3. The summed E-state index contributed by atoms with van der Waals surface area (Å²) in [5.74, 6) is 0.797. The van der Waals surface area contributed by atoms with Crippen LogP contribution >= 0.6 is 11.6 Å². The molecule has 0 bridgehead atoms. The van der Waals surface area contributed by atoms with Crippen molar-refractivity contribution in [3.63, 3.8) is 0 Å². The predicted octanol–water partition coefficient (Wildman–Crippen LogP) is 8.16. The number of aryl methyl sites for hydroxylation is 2. The third-order valence-electron chi connectivity index (χ3n) is 4.91. The molecule has 0 aliphatic rings. The van der Waals surface area contributed by atoms with Crippen LogP contribution in [0.3, 0.4) is 0 Å². The van der Waals surface area contributed by atoms with Gasteiger partial charge in [0.25, 0.3) is 0 Å². The number of ether oxygens (including phenoxy) is 2. The van der Waals surface area contributed by atoms with Crippen LogP contribution in [0.15, 0.2) is 70.9 Å². The van der Waals surface area contributed by atoms with Crippen LogP contribution in [-0.2, 0) is 0 Å². The molecule has 0 unspecified atom stereocenters. The van der Waals surface area contributed by atoms with E-state index in [0.717, 1.165) is 36.1 Å². The minimum absolute atomic E-state index is 0.424. The van der Waals surface area contributed by atoms with Gasteiger partial charge in [0.2, 0.25) is 0 Å². The summed E-state index contributed by atoms with van der Waals surface area (Å²) in [4.78, 5) is 12.5. The minimum Gasteiger partial charge on any atom is -0.494 e. The molecule has 0 N–H and O–H groups in total. The first-order valence-corrected chi connectivity index (χ1v) is 11.1. The standard InChI is InChI=1S/C26H27ClN2O3/c1-4-5-6-16-31-22-13-10-20(11-14-22)26(30)32-24-15-12-21(17-19(24)3)28-29-23-9-7-8-18(2)25(23)27/h7-15,17H,4-6,16H2,1-3H3. The Morgan fingerprint density at radius 1 is 0.938 bits per heavy atom. The number of azo groups is 1. The first-order valence-electron chi connectivity index (χ1n) is 10.7. The van der Waals surface area contributed by atoms with Crippen molar-refractivity contribution >= 4 is 28.9 Å². The first kappa shape index (κ1) is 23.5. The summed E-state index contributed by atoms with van der Waals surface area (Å²) >= 11 is 6.26. The minimum atomic E-state index is -0.424. The van der Waals surface area contributed by atoms with E-state index in [1.165, 1.54) is 0 Å². The number of rotatable bonds is 9. The molecule has 0 aliphatic carbocycles. The number of carbonyl (C=O) groups is 1. The summed E-state index contributed by atoms with van der Waals surface area (Å²) in [6.45, 7) is 6.61. The molecule has 3 aromatic carbocycles. The Balaban J connectivity index is 1.62. The Kier molecular flexibility index (Phi) is 8.40. The number of halogens is 1. The number of hydrogen-bond donors (Lipinski definition) is 0. The van der Waals surface area contributed by atoms with Gasteiger partial charge >= 0.3 is 5.97 Å². The Hall–Kier alpha value is -3.18. The quantitative estimate of drug-likeness (QED) is 0.143. The van der Waals surface area contributed by atoms with Crippen LogP contribution in [0, 0.1) is 13.8 Å². The van der Waals surface area contributed by atoms with Gasteiger partial charge in [-0.2, -0.15) is 5.11 Å². The van der Waals surface area contributed by atoms with E-state index in [0.29, 0.717) is 34.3 Å². The van der Waals surface area contributed by atoms with Gasteiger partial charge in [-0.25, -0.2) is 4.79 Å². The van der Waals surface area contributed by atoms with Crippen molar-refractivity contribution in [2.45, 2.75) is 40.0 Å². The van der Waals surface area contributed by atoms with Crippen molar-refractivity contribution in [3.05, 3.63) is 82.4 Å². The van der Waals surface area contributed by atoms with Gasteiger partial charge in [-0.3, -0.25) is 0 Å². The van der Waals surface area contributed by atoms with E-state index in [2.05, 4.69) is 17.2 Å². The molecule has 0 heterocycles. The van der Waals surface area contributed by atoms with Gasteiger partial charge in [0.15, 0.2) is 0 Å². The second kappa shape index (κ2) is 11.4. The average Bonchev–Trinajstić information content (AvgIpc) is 2.79. The third kappa shape index (κ3) is 6.41. The molecule has 166 valence electrons. The lowest BCUT2D eigenvalue weighted by molar-refractivity contribution is 0.0733. The number of esters is 1. The van der Waals surface area contributed by atoms with Gasteiger partial charge in [0.05, 0.1) is 22.9 Å². The van der Waals surface area contributed by atoms with E-state index in [1.807, 2.05) is 38.1 Å². The fourth-order valence-corrected chi connectivity index (χ4v) is 3.18. The SMILES string of the molecule is CCCCCOc1ccc(C(=O)Oc2ccc(N=Nc3cccc(C)c3Cl)cc2C)cc1. The maximum absolute atomic E-state index is 12.5. The molecule has 0 atom stereocenters. The van der Waals surface area contributed by atoms with E-state index < -0.39 is 5.97 Å². The predicted molar refractivity (Wildman–Crippen MR) is 128 cm³/mol. The molecule has 0 aliphatic heterocycles. The number of nitrogens with zero attached hydrogens (tertiary/aromatic N) is 2. The van der Waals surface area contributed by atoms with E-state index in [9.17, 15) is 4.79 Å².